The molecule has 3 nitrogen and oxygen atoms in total. The number of sulfone groups is 1. The standard InChI is InChI=1S/C17H29NO2S/c1-5-10-18-17(15(4)6-2)13-21(19,20)12-16-9-7-8-14(3)11-16/h7-9,11,15,17-18H,5-6,10,12-13H2,1-4H3. The van der Waals surface area contributed by atoms with Gasteiger partial charge in [0.2, 0.25) is 0 Å². The molecule has 4 heteroatoms. The number of hydrogen-bond donors (Lipinski definition) is 1. The van der Waals surface area contributed by atoms with Gasteiger partial charge < -0.3 is 5.32 Å². The van der Waals surface area contributed by atoms with Crippen LogP contribution in [0.15, 0.2) is 24.3 Å². The highest BCUT2D eigenvalue weighted by Crippen LogP contribution is 2.14. The lowest BCUT2D eigenvalue weighted by atomic mass is 10.0. The van der Waals surface area contributed by atoms with Gasteiger partial charge >= 0.3 is 0 Å². The molecular weight excluding hydrogens is 282 g/mol. The van der Waals surface area contributed by atoms with Gasteiger partial charge in [-0.15, -0.1) is 0 Å². The summed E-state index contributed by atoms with van der Waals surface area (Å²) in [5.74, 6) is 0.717. The van der Waals surface area contributed by atoms with Crippen molar-refractivity contribution in [2.45, 2.75) is 52.3 Å². The summed E-state index contributed by atoms with van der Waals surface area (Å²) in [4.78, 5) is 0. The minimum absolute atomic E-state index is 0.0461. The van der Waals surface area contributed by atoms with Crippen molar-refractivity contribution in [2.75, 3.05) is 12.3 Å². The van der Waals surface area contributed by atoms with Crippen molar-refractivity contribution in [2.24, 2.45) is 5.92 Å². The molecule has 0 amide bonds. The first-order valence-corrected chi connectivity index (χ1v) is 9.69. The molecule has 0 spiro atoms. The van der Waals surface area contributed by atoms with Gasteiger partial charge in [0.25, 0.3) is 0 Å². The summed E-state index contributed by atoms with van der Waals surface area (Å²) < 4.78 is 24.9. The largest absolute Gasteiger partial charge is 0.313 e. The molecule has 0 aliphatic rings. The van der Waals surface area contributed by atoms with Crippen LogP contribution in [0.25, 0.3) is 0 Å². The van der Waals surface area contributed by atoms with E-state index in [9.17, 15) is 8.42 Å². The fraction of sp³-hybridized carbons (Fsp3) is 0.647. The summed E-state index contributed by atoms with van der Waals surface area (Å²) >= 11 is 0. The van der Waals surface area contributed by atoms with Gasteiger partial charge in [-0.25, -0.2) is 8.42 Å². The molecule has 0 aliphatic heterocycles. The van der Waals surface area contributed by atoms with E-state index in [0.717, 1.165) is 30.5 Å². The van der Waals surface area contributed by atoms with Gasteiger partial charge in [-0.2, -0.15) is 0 Å². The normalized spacial score (nSPS) is 14.9. The number of aryl methyl sites for hydroxylation is 1. The molecule has 1 aromatic carbocycles. The van der Waals surface area contributed by atoms with Gasteiger partial charge in [0.05, 0.1) is 11.5 Å². The monoisotopic (exact) mass is 311 g/mol. The van der Waals surface area contributed by atoms with Gasteiger partial charge in [0.15, 0.2) is 9.84 Å². The van der Waals surface area contributed by atoms with Gasteiger partial charge in [-0.3, -0.25) is 0 Å². The Morgan fingerprint density at radius 2 is 1.95 bits per heavy atom. The van der Waals surface area contributed by atoms with Crippen molar-refractivity contribution < 1.29 is 8.42 Å². The molecule has 1 N–H and O–H groups in total. The van der Waals surface area contributed by atoms with Crippen LogP contribution in [0.1, 0.15) is 44.7 Å². The Kier molecular flexibility index (Phi) is 7.40. The Morgan fingerprint density at radius 3 is 2.52 bits per heavy atom. The molecule has 0 saturated heterocycles. The Morgan fingerprint density at radius 1 is 1.24 bits per heavy atom. The fourth-order valence-corrected chi connectivity index (χ4v) is 4.23. The second-order valence-electron chi connectivity index (χ2n) is 5.99. The maximum Gasteiger partial charge on any atom is 0.155 e. The van der Waals surface area contributed by atoms with Crippen LogP contribution >= 0.6 is 0 Å². The predicted octanol–water partition coefficient (Wildman–Crippen LogP) is 3.32. The van der Waals surface area contributed by atoms with E-state index in [1.165, 1.54) is 0 Å². The Balaban J connectivity index is 2.75. The number of rotatable bonds is 9. The van der Waals surface area contributed by atoms with Crippen molar-refractivity contribution in [1.29, 1.82) is 0 Å². The van der Waals surface area contributed by atoms with E-state index in [1.807, 2.05) is 31.2 Å². The number of nitrogens with one attached hydrogen (secondary N) is 1. The van der Waals surface area contributed by atoms with Gasteiger partial charge in [-0.05, 0) is 31.4 Å². The predicted molar refractivity (Wildman–Crippen MR) is 90.2 cm³/mol. The number of hydrogen-bond acceptors (Lipinski definition) is 3. The molecule has 2 unspecified atom stereocenters. The first-order valence-electron chi connectivity index (χ1n) is 7.87. The first kappa shape index (κ1) is 18.2. The van der Waals surface area contributed by atoms with Gasteiger partial charge in [0.1, 0.15) is 0 Å². The summed E-state index contributed by atoms with van der Waals surface area (Å²) in [5.41, 5.74) is 1.98. The zero-order valence-corrected chi connectivity index (χ0v) is 14.5. The molecule has 2 atom stereocenters. The number of benzene rings is 1. The van der Waals surface area contributed by atoms with E-state index >= 15 is 0 Å². The zero-order valence-electron chi connectivity index (χ0n) is 13.7. The highest BCUT2D eigenvalue weighted by atomic mass is 32.2. The van der Waals surface area contributed by atoms with E-state index in [-0.39, 0.29) is 17.5 Å². The molecule has 21 heavy (non-hydrogen) atoms. The van der Waals surface area contributed by atoms with Crippen LogP contribution < -0.4 is 5.32 Å². The third-order valence-corrected chi connectivity index (χ3v) is 5.53. The molecule has 0 radical (unpaired) electrons. The van der Waals surface area contributed by atoms with E-state index in [1.54, 1.807) is 0 Å². The molecule has 120 valence electrons. The summed E-state index contributed by atoms with van der Waals surface area (Å²) in [6, 6.07) is 7.80. The van der Waals surface area contributed by atoms with Gasteiger partial charge in [-0.1, -0.05) is 57.0 Å². The lowest BCUT2D eigenvalue weighted by Crippen LogP contribution is -2.41. The topological polar surface area (TPSA) is 46.2 Å². The van der Waals surface area contributed by atoms with Crippen LogP contribution in [0.2, 0.25) is 0 Å². The molecule has 0 saturated carbocycles. The van der Waals surface area contributed by atoms with Crippen LogP contribution in [-0.2, 0) is 15.6 Å². The molecule has 0 heterocycles. The van der Waals surface area contributed by atoms with Gasteiger partial charge in [0, 0.05) is 6.04 Å². The molecule has 0 bridgehead atoms. The second-order valence-corrected chi connectivity index (χ2v) is 8.10. The lowest BCUT2D eigenvalue weighted by Gasteiger charge is -2.24. The van der Waals surface area contributed by atoms with Crippen molar-refractivity contribution in [3.05, 3.63) is 35.4 Å². The first-order chi connectivity index (χ1) is 9.88. The van der Waals surface area contributed by atoms with Crippen LogP contribution in [0.3, 0.4) is 0 Å². The molecular formula is C17H29NO2S. The third-order valence-electron chi connectivity index (χ3n) is 3.89. The van der Waals surface area contributed by atoms with Crippen molar-refractivity contribution in [1.82, 2.24) is 5.32 Å². The minimum Gasteiger partial charge on any atom is -0.313 e. The quantitative estimate of drug-likeness (QED) is 0.761. The fourth-order valence-electron chi connectivity index (χ4n) is 2.43. The SMILES string of the molecule is CCCNC(CS(=O)(=O)Cc1cccc(C)c1)C(C)CC. The minimum atomic E-state index is -3.10. The van der Waals surface area contributed by atoms with Crippen molar-refractivity contribution in [3.63, 3.8) is 0 Å². The molecule has 1 rings (SSSR count). The van der Waals surface area contributed by atoms with Crippen LogP contribution in [0.4, 0.5) is 0 Å². The Labute approximate surface area is 130 Å². The zero-order chi connectivity index (χ0) is 15.9. The average molecular weight is 311 g/mol. The second kappa shape index (κ2) is 8.54. The lowest BCUT2D eigenvalue weighted by molar-refractivity contribution is 0.391. The highest BCUT2D eigenvalue weighted by Gasteiger charge is 2.23. The molecule has 0 aliphatic carbocycles. The third kappa shape index (κ3) is 6.62. The summed E-state index contributed by atoms with van der Waals surface area (Å²) in [6.07, 6.45) is 2.01. The Hall–Kier alpha value is -0.870. The highest BCUT2D eigenvalue weighted by molar-refractivity contribution is 7.90. The molecule has 1 aromatic rings. The maximum atomic E-state index is 12.5. The van der Waals surface area contributed by atoms with Crippen LogP contribution in [-0.4, -0.2) is 26.8 Å². The smallest absolute Gasteiger partial charge is 0.155 e. The van der Waals surface area contributed by atoms with Crippen molar-refractivity contribution in [3.8, 4) is 0 Å². The van der Waals surface area contributed by atoms with Crippen LogP contribution in [0.5, 0.6) is 0 Å². The molecule has 0 fully saturated rings. The summed E-state index contributed by atoms with van der Waals surface area (Å²) in [7, 11) is -3.10. The van der Waals surface area contributed by atoms with Crippen LogP contribution in [0, 0.1) is 12.8 Å². The molecule has 0 aromatic heterocycles. The van der Waals surface area contributed by atoms with E-state index < -0.39 is 9.84 Å². The van der Waals surface area contributed by atoms with Crippen molar-refractivity contribution >= 4 is 9.84 Å². The average Bonchev–Trinajstić information content (AvgIpc) is 2.42. The Bertz CT molecular complexity index is 525. The van der Waals surface area contributed by atoms with E-state index in [2.05, 4.69) is 26.1 Å². The summed E-state index contributed by atoms with van der Waals surface area (Å²) in [5, 5.41) is 3.39. The summed E-state index contributed by atoms with van der Waals surface area (Å²) in [6.45, 7) is 9.19. The van der Waals surface area contributed by atoms with E-state index in [4.69, 9.17) is 0 Å². The van der Waals surface area contributed by atoms with E-state index in [0.29, 0.717) is 5.92 Å². The maximum absolute atomic E-state index is 12.5.